The molecule has 0 aliphatic carbocycles. The second-order valence-corrected chi connectivity index (χ2v) is 4.80. The van der Waals surface area contributed by atoms with Gasteiger partial charge in [-0.15, -0.1) is 0 Å². The number of hydrogen-bond acceptors (Lipinski definition) is 5. The van der Waals surface area contributed by atoms with Gasteiger partial charge in [0.1, 0.15) is 5.69 Å². The van der Waals surface area contributed by atoms with Crippen molar-refractivity contribution in [1.29, 1.82) is 0 Å². The molecule has 2 heterocycles. The number of nitro groups is 1. The van der Waals surface area contributed by atoms with E-state index in [1.54, 1.807) is 30.5 Å². The van der Waals surface area contributed by atoms with Crippen molar-refractivity contribution < 1.29 is 9.66 Å². The van der Waals surface area contributed by atoms with Crippen LogP contribution < -0.4 is 5.32 Å². The summed E-state index contributed by atoms with van der Waals surface area (Å²) in [5, 5.41) is 15.0. The number of anilines is 1. The maximum atomic E-state index is 11.3. The molecule has 1 atom stereocenters. The maximum absolute atomic E-state index is 11.3. The molecule has 1 aromatic heterocycles. The molecule has 0 bridgehead atoms. The SMILES string of the molecule is O=[N+]([O-])c1c(NCC2CCCO2)ccc2ncccc12. The van der Waals surface area contributed by atoms with Gasteiger partial charge in [0, 0.05) is 19.3 Å². The summed E-state index contributed by atoms with van der Waals surface area (Å²) in [6.07, 6.45) is 3.82. The number of benzene rings is 1. The van der Waals surface area contributed by atoms with Crippen LogP contribution in [0.25, 0.3) is 10.9 Å². The molecule has 1 unspecified atom stereocenters. The van der Waals surface area contributed by atoms with Crippen molar-refractivity contribution in [2.45, 2.75) is 18.9 Å². The van der Waals surface area contributed by atoms with Crippen molar-refractivity contribution in [2.24, 2.45) is 0 Å². The van der Waals surface area contributed by atoms with Gasteiger partial charge in [0.15, 0.2) is 0 Å². The Labute approximate surface area is 115 Å². The molecule has 0 saturated carbocycles. The normalized spacial score (nSPS) is 18.3. The Hall–Kier alpha value is -2.21. The summed E-state index contributed by atoms with van der Waals surface area (Å²) in [5.74, 6) is 0. The Kier molecular flexibility index (Phi) is 3.47. The van der Waals surface area contributed by atoms with Gasteiger partial charge in [-0.1, -0.05) is 0 Å². The van der Waals surface area contributed by atoms with Gasteiger partial charge >= 0.3 is 5.69 Å². The van der Waals surface area contributed by atoms with E-state index in [-0.39, 0.29) is 16.7 Å². The highest BCUT2D eigenvalue weighted by molar-refractivity contribution is 5.94. The first-order chi connectivity index (χ1) is 9.75. The van der Waals surface area contributed by atoms with Crippen molar-refractivity contribution in [3.8, 4) is 0 Å². The van der Waals surface area contributed by atoms with Crippen LogP contribution in [0.3, 0.4) is 0 Å². The number of nitrogens with zero attached hydrogens (tertiary/aromatic N) is 2. The molecular formula is C14H15N3O3. The van der Waals surface area contributed by atoms with Gasteiger partial charge in [0.25, 0.3) is 0 Å². The molecule has 0 amide bonds. The first-order valence-corrected chi connectivity index (χ1v) is 6.63. The van der Waals surface area contributed by atoms with E-state index in [0.717, 1.165) is 19.4 Å². The second-order valence-electron chi connectivity index (χ2n) is 4.80. The van der Waals surface area contributed by atoms with Gasteiger partial charge in [-0.2, -0.15) is 0 Å². The lowest BCUT2D eigenvalue weighted by Crippen LogP contribution is -2.18. The van der Waals surface area contributed by atoms with Crippen LogP contribution in [0.1, 0.15) is 12.8 Å². The predicted molar refractivity (Wildman–Crippen MR) is 75.9 cm³/mol. The molecule has 1 saturated heterocycles. The predicted octanol–water partition coefficient (Wildman–Crippen LogP) is 2.73. The lowest BCUT2D eigenvalue weighted by molar-refractivity contribution is -0.382. The highest BCUT2D eigenvalue weighted by Gasteiger charge is 2.21. The Balaban J connectivity index is 1.92. The van der Waals surface area contributed by atoms with Gasteiger partial charge in [-0.3, -0.25) is 15.1 Å². The third-order valence-corrected chi connectivity index (χ3v) is 3.48. The van der Waals surface area contributed by atoms with Crippen LogP contribution in [0.15, 0.2) is 30.5 Å². The molecule has 3 rings (SSSR count). The first-order valence-electron chi connectivity index (χ1n) is 6.63. The number of nitro benzene ring substituents is 1. The van der Waals surface area contributed by atoms with Crippen LogP contribution in [0.5, 0.6) is 0 Å². The summed E-state index contributed by atoms with van der Waals surface area (Å²) >= 11 is 0. The summed E-state index contributed by atoms with van der Waals surface area (Å²) in [6.45, 7) is 1.36. The van der Waals surface area contributed by atoms with E-state index in [0.29, 0.717) is 23.1 Å². The van der Waals surface area contributed by atoms with Crippen LogP contribution >= 0.6 is 0 Å². The first kappa shape index (κ1) is 12.8. The topological polar surface area (TPSA) is 77.3 Å². The fourth-order valence-electron chi connectivity index (χ4n) is 2.51. The zero-order valence-corrected chi connectivity index (χ0v) is 10.9. The molecule has 0 radical (unpaired) electrons. The molecule has 0 spiro atoms. The van der Waals surface area contributed by atoms with Gasteiger partial charge in [0.2, 0.25) is 0 Å². The van der Waals surface area contributed by atoms with Crippen LogP contribution in [0, 0.1) is 10.1 Å². The van der Waals surface area contributed by atoms with E-state index >= 15 is 0 Å². The van der Waals surface area contributed by atoms with E-state index in [9.17, 15) is 10.1 Å². The Morgan fingerprint density at radius 1 is 1.45 bits per heavy atom. The summed E-state index contributed by atoms with van der Waals surface area (Å²) in [6, 6.07) is 6.93. The van der Waals surface area contributed by atoms with E-state index in [1.165, 1.54) is 0 Å². The molecule has 2 aromatic rings. The Bertz CT molecular complexity index is 639. The van der Waals surface area contributed by atoms with Crippen molar-refractivity contribution in [3.63, 3.8) is 0 Å². The van der Waals surface area contributed by atoms with Crippen LogP contribution in [-0.2, 0) is 4.74 Å². The van der Waals surface area contributed by atoms with E-state index in [4.69, 9.17) is 4.74 Å². The molecule has 104 valence electrons. The zero-order valence-electron chi connectivity index (χ0n) is 10.9. The average molecular weight is 273 g/mol. The smallest absolute Gasteiger partial charge is 0.301 e. The average Bonchev–Trinajstić information content (AvgIpc) is 2.97. The molecular weight excluding hydrogens is 258 g/mol. The lowest BCUT2D eigenvalue weighted by Gasteiger charge is -2.12. The highest BCUT2D eigenvalue weighted by Crippen LogP contribution is 2.32. The van der Waals surface area contributed by atoms with E-state index in [2.05, 4.69) is 10.3 Å². The number of pyridine rings is 1. The minimum absolute atomic E-state index is 0.0774. The molecule has 1 N–H and O–H groups in total. The summed E-state index contributed by atoms with van der Waals surface area (Å²) in [5.41, 5.74) is 1.22. The lowest BCUT2D eigenvalue weighted by atomic mass is 10.1. The van der Waals surface area contributed by atoms with Crippen molar-refractivity contribution >= 4 is 22.3 Å². The third kappa shape index (κ3) is 2.42. The molecule has 1 aliphatic heterocycles. The molecule has 1 aliphatic rings. The highest BCUT2D eigenvalue weighted by atomic mass is 16.6. The molecule has 6 heteroatoms. The summed E-state index contributed by atoms with van der Waals surface area (Å²) < 4.78 is 5.52. The van der Waals surface area contributed by atoms with Crippen molar-refractivity contribution in [1.82, 2.24) is 4.98 Å². The standard InChI is InChI=1S/C14H15N3O3/c18-17(19)14-11-4-1-7-15-12(11)5-6-13(14)16-9-10-3-2-8-20-10/h1,4-7,10,16H,2-3,8-9H2. The maximum Gasteiger partial charge on any atom is 0.301 e. The fourth-order valence-corrected chi connectivity index (χ4v) is 2.51. The van der Waals surface area contributed by atoms with Gasteiger partial charge in [-0.05, 0) is 37.1 Å². The number of rotatable bonds is 4. The number of hydrogen-bond donors (Lipinski definition) is 1. The fraction of sp³-hybridized carbons (Fsp3) is 0.357. The Morgan fingerprint density at radius 2 is 2.35 bits per heavy atom. The van der Waals surface area contributed by atoms with Crippen LogP contribution in [0.2, 0.25) is 0 Å². The number of fused-ring (bicyclic) bond motifs is 1. The number of aromatic nitrogens is 1. The quantitative estimate of drug-likeness (QED) is 0.684. The van der Waals surface area contributed by atoms with Crippen LogP contribution in [0.4, 0.5) is 11.4 Å². The van der Waals surface area contributed by atoms with Crippen molar-refractivity contribution in [3.05, 3.63) is 40.6 Å². The van der Waals surface area contributed by atoms with Crippen LogP contribution in [-0.4, -0.2) is 29.2 Å². The molecule has 20 heavy (non-hydrogen) atoms. The molecule has 6 nitrogen and oxygen atoms in total. The molecule has 1 fully saturated rings. The summed E-state index contributed by atoms with van der Waals surface area (Å²) in [4.78, 5) is 15.1. The summed E-state index contributed by atoms with van der Waals surface area (Å²) in [7, 11) is 0. The zero-order chi connectivity index (χ0) is 13.9. The van der Waals surface area contributed by atoms with E-state index in [1.807, 2.05) is 0 Å². The largest absolute Gasteiger partial charge is 0.377 e. The van der Waals surface area contributed by atoms with Gasteiger partial charge in [-0.25, -0.2) is 0 Å². The number of ether oxygens (including phenoxy) is 1. The molecule has 1 aromatic carbocycles. The van der Waals surface area contributed by atoms with Gasteiger partial charge < -0.3 is 10.1 Å². The minimum Gasteiger partial charge on any atom is -0.377 e. The van der Waals surface area contributed by atoms with Crippen molar-refractivity contribution in [2.75, 3.05) is 18.5 Å². The Morgan fingerprint density at radius 3 is 3.10 bits per heavy atom. The van der Waals surface area contributed by atoms with E-state index < -0.39 is 0 Å². The number of nitrogens with one attached hydrogen (secondary N) is 1. The third-order valence-electron chi connectivity index (χ3n) is 3.48. The monoisotopic (exact) mass is 273 g/mol. The minimum atomic E-state index is -0.359. The second kappa shape index (κ2) is 5.42. The van der Waals surface area contributed by atoms with Gasteiger partial charge in [0.05, 0.1) is 21.9 Å².